The Kier molecular flexibility index (Phi) is 7.21. The minimum absolute atomic E-state index is 0. The number of rotatable bonds is 2. The summed E-state index contributed by atoms with van der Waals surface area (Å²) in [6.07, 6.45) is 1.03. The summed E-state index contributed by atoms with van der Waals surface area (Å²) in [5.41, 5.74) is 5.95. The van der Waals surface area contributed by atoms with Gasteiger partial charge in [0, 0.05) is 20.6 Å². The Morgan fingerprint density at radius 2 is 1.86 bits per heavy atom. The number of aryl methyl sites for hydroxylation is 1. The number of hydrogen-bond donors (Lipinski definition) is 1. The van der Waals surface area contributed by atoms with E-state index in [1.165, 1.54) is 16.7 Å². The molecule has 0 bridgehead atoms. The van der Waals surface area contributed by atoms with Crippen LogP contribution in [0.2, 0.25) is 0 Å². The monoisotopic (exact) mass is 384 g/mol. The number of amides is 1. The number of benzene rings is 2. The highest BCUT2D eigenvalue weighted by Crippen LogP contribution is 2.22. The van der Waals surface area contributed by atoms with Crippen LogP contribution in [-0.2, 0) is 13.0 Å². The first-order chi connectivity index (χ1) is 13.4. The summed E-state index contributed by atoms with van der Waals surface area (Å²) >= 11 is 0. The molecule has 0 aliphatic carbocycles. The number of aromatic amines is 1. The highest BCUT2D eigenvalue weighted by atomic mass is 16.4. The third-order valence-corrected chi connectivity index (χ3v) is 4.67. The Balaban J connectivity index is 0.000000259. The summed E-state index contributed by atoms with van der Waals surface area (Å²) in [4.78, 5) is 26.8. The zero-order valence-corrected chi connectivity index (χ0v) is 17.6. The smallest absolute Gasteiger partial charge is 0.408 e. The van der Waals surface area contributed by atoms with Crippen LogP contribution in [0.5, 0.6) is 0 Å². The molecule has 2 heterocycles. The van der Waals surface area contributed by atoms with Crippen LogP contribution in [0.1, 0.15) is 69.0 Å². The molecule has 0 saturated carbocycles. The topological polar surface area (TPSA) is 66.3 Å². The Labute approximate surface area is 167 Å². The van der Waals surface area contributed by atoms with Gasteiger partial charge in [0.2, 0.25) is 0 Å². The van der Waals surface area contributed by atoms with Crippen molar-refractivity contribution in [1.29, 1.82) is 0 Å². The van der Waals surface area contributed by atoms with E-state index in [-0.39, 0.29) is 7.33 Å². The molecule has 1 amide bonds. The standard InChI is InChI=1S/C11H13NO.C10H11NO2.C2H6.H2/c1-3-8-4-5-10-9(6-8)7-12(2)11(10)13;1-6(2)7-3-4-9-8(5-7)11-10(12)13-9;1-2;/h4-6H,3,7H2,1-2H3;3-6H,1-2H3,(H,11,12);1-2H3;1H. The quantitative estimate of drug-likeness (QED) is 0.647. The van der Waals surface area contributed by atoms with Gasteiger partial charge in [-0.3, -0.25) is 9.78 Å². The van der Waals surface area contributed by atoms with Crippen LogP contribution in [0, 0.1) is 0 Å². The number of fused-ring (bicyclic) bond motifs is 2. The Morgan fingerprint density at radius 1 is 1.14 bits per heavy atom. The summed E-state index contributed by atoms with van der Waals surface area (Å²) in [7, 11) is 1.84. The van der Waals surface area contributed by atoms with Crippen LogP contribution < -0.4 is 5.76 Å². The first-order valence-electron chi connectivity index (χ1n) is 9.89. The lowest BCUT2D eigenvalue weighted by molar-refractivity contribution is 0.0816. The van der Waals surface area contributed by atoms with Gasteiger partial charge >= 0.3 is 5.76 Å². The van der Waals surface area contributed by atoms with Crippen LogP contribution in [0.4, 0.5) is 0 Å². The summed E-state index contributed by atoms with van der Waals surface area (Å²) in [5, 5.41) is 0. The molecule has 1 aromatic heterocycles. The molecule has 1 aliphatic rings. The van der Waals surface area contributed by atoms with E-state index in [9.17, 15) is 9.59 Å². The van der Waals surface area contributed by atoms with Crippen LogP contribution in [-0.4, -0.2) is 22.8 Å². The summed E-state index contributed by atoms with van der Waals surface area (Å²) in [5.74, 6) is 0.219. The maximum Gasteiger partial charge on any atom is 0.417 e. The number of hydrogen-bond acceptors (Lipinski definition) is 3. The van der Waals surface area contributed by atoms with E-state index in [1.807, 2.05) is 51.2 Å². The van der Waals surface area contributed by atoms with Gasteiger partial charge in [0.15, 0.2) is 5.58 Å². The van der Waals surface area contributed by atoms with Crippen LogP contribution in [0.25, 0.3) is 11.1 Å². The van der Waals surface area contributed by atoms with E-state index >= 15 is 0 Å². The lowest BCUT2D eigenvalue weighted by Gasteiger charge is -2.04. The molecule has 1 N–H and O–H groups in total. The van der Waals surface area contributed by atoms with E-state index in [4.69, 9.17) is 4.42 Å². The van der Waals surface area contributed by atoms with Crippen molar-refractivity contribution >= 4 is 17.0 Å². The highest BCUT2D eigenvalue weighted by Gasteiger charge is 2.23. The Bertz CT molecular complexity index is 1000. The summed E-state index contributed by atoms with van der Waals surface area (Å²) < 4.78 is 4.89. The van der Waals surface area contributed by atoms with Crippen molar-refractivity contribution in [2.45, 2.75) is 53.5 Å². The normalized spacial score (nSPS) is 12.4. The molecular formula is C23H32N2O3. The lowest BCUT2D eigenvalue weighted by Crippen LogP contribution is -2.17. The van der Waals surface area contributed by atoms with E-state index in [0.717, 1.165) is 24.0 Å². The third kappa shape index (κ3) is 4.71. The first kappa shape index (κ1) is 21.5. The van der Waals surface area contributed by atoms with Crippen LogP contribution in [0.3, 0.4) is 0 Å². The molecule has 0 unspecified atom stereocenters. The molecule has 1 aliphatic heterocycles. The SMILES string of the molecule is CC.CC(C)c1ccc2oc(=O)[nH]c2c1.CCc1ccc2c(c1)CN(C)C2=O.[HH]. The fourth-order valence-corrected chi connectivity index (χ4v) is 3.07. The minimum Gasteiger partial charge on any atom is -0.408 e. The zero-order valence-electron chi connectivity index (χ0n) is 17.6. The van der Waals surface area contributed by atoms with Gasteiger partial charge in [-0.25, -0.2) is 4.79 Å². The van der Waals surface area contributed by atoms with Gasteiger partial charge in [0.25, 0.3) is 5.91 Å². The van der Waals surface area contributed by atoms with Crippen LogP contribution in [0.15, 0.2) is 45.6 Å². The average molecular weight is 385 g/mol. The molecule has 3 aromatic rings. The predicted octanol–water partition coefficient (Wildman–Crippen LogP) is 5.35. The van der Waals surface area contributed by atoms with Gasteiger partial charge in [-0.1, -0.05) is 52.8 Å². The number of carbonyl (C=O) groups is 1. The predicted molar refractivity (Wildman–Crippen MR) is 116 cm³/mol. The summed E-state index contributed by atoms with van der Waals surface area (Å²) in [6, 6.07) is 11.9. The van der Waals surface area contributed by atoms with Gasteiger partial charge in [0.1, 0.15) is 0 Å². The van der Waals surface area contributed by atoms with Gasteiger partial charge in [-0.15, -0.1) is 0 Å². The molecule has 2 aromatic carbocycles. The molecule has 5 nitrogen and oxygen atoms in total. The second kappa shape index (κ2) is 9.40. The van der Waals surface area contributed by atoms with Crippen molar-refractivity contribution in [1.82, 2.24) is 9.88 Å². The molecule has 152 valence electrons. The van der Waals surface area contributed by atoms with Crippen molar-refractivity contribution < 1.29 is 10.6 Å². The number of nitrogens with one attached hydrogen (secondary N) is 1. The van der Waals surface area contributed by atoms with Crippen molar-refractivity contribution in [2.24, 2.45) is 0 Å². The molecular weight excluding hydrogens is 352 g/mol. The largest absolute Gasteiger partial charge is 0.417 e. The second-order valence-corrected chi connectivity index (χ2v) is 6.93. The van der Waals surface area contributed by atoms with Crippen molar-refractivity contribution in [3.05, 3.63) is 69.2 Å². The number of nitrogens with zero attached hydrogens (tertiary/aromatic N) is 1. The minimum atomic E-state index is -0.393. The highest BCUT2D eigenvalue weighted by molar-refractivity contribution is 5.98. The fourth-order valence-electron chi connectivity index (χ4n) is 3.07. The number of H-pyrrole nitrogens is 1. The average Bonchev–Trinajstić information content (AvgIpc) is 3.21. The number of aromatic nitrogens is 1. The molecule has 4 rings (SSSR count). The molecule has 5 heteroatoms. The van der Waals surface area contributed by atoms with Gasteiger partial charge in [-0.05, 0) is 47.2 Å². The van der Waals surface area contributed by atoms with Gasteiger partial charge in [0.05, 0.1) is 5.52 Å². The van der Waals surface area contributed by atoms with E-state index in [0.29, 0.717) is 11.5 Å². The first-order valence-corrected chi connectivity index (χ1v) is 9.89. The molecule has 0 radical (unpaired) electrons. The third-order valence-electron chi connectivity index (χ3n) is 4.67. The van der Waals surface area contributed by atoms with Gasteiger partial charge in [-0.2, -0.15) is 0 Å². The lowest BCUT2D eigenvalue weighted by atomic mass is 10.0. The maximum atomic E-state index is 11.5. The molecule has 0 spiro atoms. The molecule has 0 atom stereocenters. The summed E-state index contributed by atoms with van der Waals surface area (Å²) in [6.45, 7) is 11.1. The number of carbonyl (C=O) groups excluding carboxylic acids is 1. The molecule has 0 fully saturated rings. The van der Waals surface area contributed by atoms with E-state index in [2.05, 4.69) is 31.8 Å². The maximum absolute atomic E-state index is 11.5. The van der Waals surface area contributed by atoms with Crippen molar-refractivity contribution in [3.63, 3.8) is 0 Å². The Morgan fingerprint density at radius 3 is 2.50 bits per heavy atom. The van der Waals surface area contributed by atoms with E-state index < -0.39 is 5.76 Å². The zero-order chi connectivity index (χ0) is 20.8. The Hall–Kier alpha value is -2.82. The van der Waals surface area contributed by atoms with Crippen molar-refractivity contribution in [2.75, 3.05) is 7.05 Å². The van der Waals surface area contributed by atoms with Gasteiger partial charge < -0.3 is 9.32 Å². The van der Waals surface area contributed by atoms with Crippen LogP contribution >= 0.6 is 0 Å². The fraction of sp³-hybridized carbons (Fsp3) is 0.391. The van der Waals surface area contributed by atoms with Crippen molar-refractivity contribution in [3.8, 4) is 0 Å². The molecule has 0 saturated heterocycles. The van der Waals surface area contributed by atoms with E-state index in [1.54, 1.807) is 4.90 Å². The number of oxazole rings is 1. The second-order valence-electron chi connectivity index (χ2n) is 6.93. The molecule has 28 heavy (non-hydrogen) atoms.